The molecule has 1 aliphatic rings. The van der Waals surface area contributed by atoms with E-state index in [1.54, 1.807) is 30.9 Å². The second-order valence-corrected chi connectivity index (χ2v) is 6.49. The quantitative estimate of drug-likeness (QED) is 0.603. The number of ether oxygens (including phenoxy) is 3. The summed E-state index contributed by atoms with van der Waals surface area (Å²) in [5.74, 6) is 1.13. The van der Waals surface area contributed by atoms with Gasteiger partial charge in [0.2, 0.25) is 5.88 Å². The number of morpholine rings is 1. The fourth-order valence-electron chi connectivity index (χ4n) is 3.26. The maximum absolute atomic E-state index is 13.3. The van der Waals surface area contributed by atoms with Crippen LogP contribution in [-0.2, 0) is 4.74 Å². The number of fused-ring (bicyclic) bond motifs is 1. The predicted octanol–water partition coefficient (Wildman–Crippen LogP) is 1.93. The van der Waals surface area contributed by atoms with Crippen LogP contribution in [0.4, 0.5) is 0 Å². The van der Waals surface area contributed by atoms with Gasteiger partial charge < -0.3 is 14.2 Å². The van der Waals surface area contributed by atoms with E-state index in [2.05, 4.69) is 15.0 Å². The van der Waals surface area contributed by atoms with Crippen molar-refractivity contribution in [2.75, 3.05) is 47.1 Å². The van der Waals surface area contributed by atoms with Crippen molar-refractivity contribution in [3.8, 4) is 22.9 Å². The molecule has 0 spiro atoms. The first-order valence-corrected chi connectivity index (χ1v) is 9.11. The molecule has 0 saturated carbocycles. The van der Waals surface area contributed by atoms with Gasteiger partial charge >= 0.3 is 0 Å². The summed E-state index contributed by atoms with van der Waals surface area (Å²) in [5, 5.41) is 4.43. The smallest absolute Gasteiger partial charge is 0.231 e. The van der Waals surface area contributed by atoms with Crippen LogP contribution in [-0.4, -0.2) is 72.3 Å². The SMILES string of the molecule is COc1ccc(-c2nc3ccc(OC)nn3c2C(=O)CN2CCOCC2)cc1. The molecular formula is C20H22N4O4. The molecule has 0 unspecified atom stereocenters. The molecule has 1 saturated heterocycles. The molecule has 3 heterocycles. The topological polar surface area (TPSA) is 78.2 Å². The average molecular weight is 382 g/mol. The van der Waals surface area contributed by atoms with Gasteiger partial charge in [-0.25, -0.2) is 9.50 Å². The van der Waals surface area contributed by atoms with E-state index in [-0.39, 0.29) is 5.78 Å². The molecular weight excluding hydrogens is 360 g/mol. The van der Waals surface area contributed by atoms with Gasteiger partial charge in [-0.3, -0.25) is 9.69 Å². The summed E-state index contributed by atoms with van der Waals surface area (Å²) in [6.45, 7) is 3.03. The second-order valence-electron chi connectivity index (χ2n) is 6.49. The first kappa shape index (κ1) is 18.4. The molecule has 4 rings (SSSR count). The number of methoxy groups -OCH3 is 2. The Kier molecular flexibility index (Phi) is 5.23. The van der Waals surface area contributed by atoms with Gasteiger partial charge in [-0.05, 0) is 30.3 Å². The highest BCUT2D eigenvalue weighted by molar-refractivity contribution is 6.02. The molecule has 3 aromatic rings. The predicted molar refractivity (Wildman–Crippen MR) is 103 cm³/mol. The first-order valence-electron chi connectivity index (χ1n) is 9.11. The van der Waals surface area contributed by atoms with Gasteiger partial charge in [-0.15, -0.1) is 5.10 Å². The lowest BCUT2D eigenvalue weighted by molar-refractivity contribution is 0.0369. The van der Waals surface area contributed by atoms with Gasteiger partial charge in [-0.2, -0.15) is 0 Å². The Morgan fingerprint density at radius 1 is 1.07 bits per heavy atom. The summed E-state index contributed by atoms with van der Waals surface area (Å²) in [7, 11) is 3.16. The van der Waals surface area contributed by atoms with Crippen molar-refractivity contribution >= 4 is 11.4 Å². The molecule has 28 heavy (non-hydrogen) atoms. The van der Waals surface area contributed by atoms with E-state index in [1.807, 2.05) is 24.3 Å². The molecule has 1 aromatic carbocycles. The summed E-state index contributed by atoms with van der Waals surface area (Å²) in [5.41, 5.74) is 2.47. The fourth-order valence-corrected chi connectivity index (χ4v) is 3.26. The highest BCUT2D eigenvalue weighted by Gasteiger charge is 2.24. The van der Waals surface area contributed by atoms with E-state index in [0.717, 1.165) is 24.4 Å². The first-order chi connectivity index (χ1) is 13.7. The van der Waals surface area contributed by atoms with Crippen LogP contribution in [0.15, 0.2) is 36.4 Å². The number of rotatable bonds is 6. The van der Waals surface area contributed by atoms with E-state index < -0.39 is 0 Å². The number of ketones is 1. The third-order valence-corrected chi connectivity index (χ3v) is 4.76. The van der Waals surface area contributed by atoms with E-state index in [1.165, 1.54) is 0 Å². The van der Waals surface area contributed by atoms with Gasteiger partial charge in [0, 0.05) is 24.7 Å². The van der Waals surface area contributed by atoms with Crippen molar-refractivity contribution in [1.82, 2.24) is 19.5 Å². The number of carbonyl (C=O) groups is 1. The summed E-state index contributed by atoms with van der Waals surface area (Å²) in [6, 6.07) is 11.0. The van der Waals surface area contributed by atoms with Gasteiger partial charge in [0.15, 0.2) is 11.4 Å². The lowest BCUT2D eigenvalue weighted by Gasteiger charge is -2.25. The summed E-state index contributed by atoms with van der Waals surface area (Å²) < 4.78 is 17.4. The Balaban J connectivity index is 1.78. The number of hydrogen-bond acceptors (Lipinski definition) is 7. The second kappa shape index (κ2) is 7.95. The maximum Gasteiger partial charge on any atom is 0.231 e. The van der Waals surface area contributed by atoms with E-state index in [9.17, 15) is 4.79 Å². The van der Waals surface area contributed by atoms with Crippen molar-refractivity contribution in [2.45, 2.75) is 0 Å². The van der Waals surface area contributed by atoms with Gasteiger partial charge in [-0.1, -0.05) is 0 Å². The zero-order chi connectivity index (χ0) is 19.5. The minimum Gasteiger partial charge on any atom is -0.497 e. The van der Waals surface area contributed by atoms with Crippen molar-refractivity contribution in [3.63, 3.8) is 0 Å². The Morgan fingerprint density at radius 2 is 1.82 bits per heavy atom. The van der Waals surface area contributed by atoms with Crippen molar-refractivity contribution in [2.24, 2.45) is 0 Å². The molecule has 0 atom stereocenters. The normalized spacial score (nSPS) is 14.9. The number of hydrogen-bond donors (Lipinski definition) is 0. The van der Waals surface area contributed by atoms with Crippen molar-refractivity contribution in [1.29, 1.82) is 0 Å². The van der Waals surface area contributed by atoms with E-state index in [4.69, 9.17) is 14.2 Å². The van der Waals surface area contributed by atoms with Crippen LogP contribution < -0.4 is 9.47 Å². The van der Waals surface area contributed by atoms with Crippen LogP contribution in [0.2, 0.25) is 0 Å². The Hall–Kier alpha value is -2.97. The number of benzene rings is 1. The third-order valence-electron chi connectivity index (χ3n) is 4.76. The van der Waals surface area contributed by atoms with Gasteiger partial charge in [0.05, 0.1) is 34.0 Å². The molecule has 0 amide bonds. The average Bonchev–Trinajstić information content (AvgIpc) is 3.13. The molecule has 0 radical (unpaired) electrons. The van der Waals surface area contributed by atoms with Crippen molar-refractivity contribution in [3.05, 3.63) is 42.1 Å². The van der Waals surface area contributed by atoms with Crippen LogP contribution in [0.3, 0.4) is 0 Å². The minimum atomic E-state index is -0.0408. The number of nitrogens with zero attached hydrogens (tertiary/aromatic N) is 4. The monoisotopic (exact) mass is 382 g/mol. The summed E-state index contributed by atoms with van der Waals surface area (Å²) in [4.78, 5) is 20.0. The molecule has 1 fully saturated rings. The standard InChI is InChI=1S/C20H22N4O4/c1-26-15-5-3-14(4-6-15)19-20(16(25)13-23-9-11-28-12-10-23)24-17(21-19)7-8-18(22-24)27-2/h3-8H,9-13H2,1-2H3. The van der Waals surface area contributed by atoms with Crippen LogP contribution in [0.1, 0.15) is 10.5 Å². The highest BCUT2D eigenvalue weighted by atomic mass is 16.5. The van der Waals surface area contributed by atoms with Crippen LogP contribution in [0, 0.1) is 0 Å². The maximum atomic E-state index is 13.3. The third kappa shape index (κ3) is 3.56. The number of imidazole rings is 1. The summed E-state index contributed by atoms with van der Waals surface area (Å²) in [6.07, 6.45) is 0. The molecule has 146 valence electrons. The summed E-state index contributed by atoms with van der Waals surface area (Å²) >= 11 is 0. The van der Waals surface area contributed by atoms with Crippen LogP contribution in [0.5, 0.6) is 11.6 Å². The van der Waals surface area contributed by atoms with E-state index >= 15 is 0 Å². The minimum absolute atomic E-state index is 0.0408. The molecule has 0 N–H and O–H groups in total. The Bertz CT molecular complexity index is 978. The van der Waals surface area contributed by atoms with Crippen LogP contribution in [0.25, 0.3) is 16.9 Å². The zero-order valence-corrected chi connectivity index (χ0v) is 15.9. The molecule has 8 heteroatoms. The molecule has 0 bridgehead atoms. The number of Topliss-reactive ketones (excluding diaryl/α,β-unsaturated/α-hetero) is 1. The molecule has 8 nitrogen and oxygen atoms in total. The Labute approximate surface area is 162 Å². The number of aromatic nitrogens is 3. The lowest BCUT2D eigenvalue weighted by Crippen LogP contribution is -2.39. The van der Waals surface area contributed by atoms with E-state index in [0.29, 0.717) is 42.7 Å². The van der Waals surface area contributed by atoms with Gasteiger partial charge in [0.1, 0.15) is 17.1 Å². The largest absolute Gasteiger partial charge is 0.497 e. The lowest BCUT2D eigenvalue weighted by atomic mass is 10.1. The molecule has 2 aromatic heterocycles. The highest BCUT2D eigenvalue weighted by Crippen LogP contribution is 2.27. The van der Waals surface area contributed by atoms with Crippen molar-refractivity contribution < 1.29 is 19.0 Å². The fraction of sp³-hybridized carbons (Fsp3) is 0.350. The number of carbonyl (C=O) groups excluding carboxylic acids is 1. The molecule has 1 aliphatic heterocycles. The Morgan fingerprint density at radius 3 is 2.50 bits per heavy atom. The zero-order valence-electron chi connectivity index (χ0n) is 15.9. The van der Waals surface area contributed by atoms with Crippen LogP contribution >= 0.6 is 0 Å². The van der Waals surface area contributed by atoms with Gasteiger partial charge in [0.25, 0.3) is 0 Å². The molecule has 0 aliphatic carbocycles.